The van der Waals surface area contributed by atoms with Crippen molar-refractivity contribution in [1.82, 2.24) is 5.01 Å². The minimum atomic E-state index is -0.515. The lowest BCUT2D eigenvalue weighted by atomic mass is 10.2. The maximum Gasteiger partial charge on any atom is 0.414 e. The lowest BCUT2D eigenvalue weighted by Crippen LogP contribution is -2.37. The molecule has 2 aliphatic rings. The van der Waals surface area contributed by atoms with E-state index in [1.54, 1.807) is 17.0 Å². The van der Waals surface area contributed by atoms with Crippen LogP contribution >= 0.6 is 12.2 Å². The van der Waals surface area contributed by atoms with Gasteiger partial charge in [-0.1, -0.05) is 0 Å². The molecule has 0 aromatic heterocycles. The van der Waals surface area contributed by atoms with E-state index in [0.717, 1.165) is 0 Å². The maximum absolute atomic E-state index is 14.7. The Hall–Kier alpha value is -2.75. The molecule has 0 radical (unpaired) electrons. The van der Waals surface area contributed by atoms with Crippen LogP contribution in [0.1, 0.15) is 26.7 Å². The van der Waals surface area contributed by atoms with Crippen molar-refractivity contribution in [3.05, 3.63) is 24.0 Å². The van der Waals surface area contributed by atoms with Crippen molar-refractivity contribution in [2.75, 3.05) is 29.4 Å². The van der Waals surface area contributed by atoms with Crippen LogP contribution in [0.15, 0.2) is 23.3 Å². The SMILES string of the molecule is CC(C)OC(=S)CC[C@H]1CN(c2ccc(N3C=NN(C=O)CC3)c(F)c2)C(=O)O1. The summed E-state index contributed by atoms with van der Waals surface area (Å²) in [6, 6.07) is 4.54. The fourth-order valence-electron chi connectivity index (χ4n) is 3.10. The Morgan fingerprint density at radius 2 is 2.24 bits per heavy atom. The lowest BCUT2D eigenvalue weighted by Gasteiger charge is -2.27. The minimum absolute atomic E-state index is 0.0121. The summed E-state index contributed by atoms with van der Waals surface area (Å²) in [4.78, 5) is 25.9. The standard InChI is InChI=1S/C19H23FN4O4S/c1-13(2)27-18(29)6-4-15-10-24(19(26)28-15)14-3-5-17(16(20)9-14)22-7-8-23(12-25)21-11-22/h3,5,9,11-13,15H,4,6-8,10H2,1-2H3/t15-/m0/s1. The Labute approximate surface area is 173 Å². The zero-order chi connectivity index (χ0) is 21.0. The van der Waals surface area contributed by atoms with E-state index in [9.17, 15) is 14.0 Å². The quantitative estimate of drug-likeness (QED) is 0.497. The van der Waals surface area contributed by atoms with Gasteiger partial charge in [-0.15, -0.1) is 0 Å². The zero-order valence-electron chi connectivity index (χ0n) is 16.3. The molecule has 29 heavy (non-hydrogen) atoms. The van der Waals surface area contributed by atoms with Gasteiger partial charge >= 0.3 is 6.09 Å². The molecule has 2 heterocycles. The highest BCUT2D eigenvalue weighted by atomic mass is 32.1. The average Bonchev–Trinajstić information content (AvgIpc) is 3.06. The first-order valence-electron chi connectivity index (χ1n) is 9.37. The second kappa shape index (κ2) is 9.17. The van der Waals surface area contributed by atoms with Gasteiger partial charge in [0.25, 0.3) is 0 Å². The van der Waals surface area contributed by atoms with Crippen LogP contribution in [0.3, 0.4) is 0 Å². The molecule has 0 aliphatic carbocycles. The number of halogens is 1. The highest BCUT2D eigenvalue weighted by Crippen LogP contribution is 2.29. The molecule has 156 valence electrons. The predicted molar refractivity (Wildman–Crippen MR) is 111 cm³/mol. The molecule has 0 saturated carbocycles. The third-order valence-corrected chi connectivity index (χ3v) is 4.80. The Bertz CT molecular complexity index is 819. The first-order chi connectivity index (χ1) is 13.9. The number of rotatable bonds is 7. The summed E-state index contributed by atoms with van der Waals surface area (Å²) >= 11 is 5.16. The summed E-state index contributed by atoms with van der Waals surface area (Å²) in [7, 11) is 0. The largest absolute Gasteiger partial charge is 0.484 e. The molecule has 10 heteroatoms. The van der Waals surface area contributed by atoms with Crippen LogP contribution in [-0.4, -0.2) is 60.7 Å². The summed E-state index contributed by atoms with van der Waals surface area (Å²) in [5.74, 6) is -0.490. The molecule has 0 spiro atoms. The molecular formula is C19H23FN4O4S. The van der Waals surface area contributed by atoms with Crippen molar-refractivity contribution in [2.24, 2.45) is 5.10 Å². The van der Waals surface area contributed by atoms with Crippen LogP contribution in [0.2, 0.25) is 0 Å². The number of anilines is 2. The van der Waals surface area contributed by atoms with Gasteiger partial charge in [-0.3, -0.25) is 9.69 Å². The first-order valence-corrected chi connectivity index (χ1v) is 9.78. The number of cyclic esters (lactones) is 1. The second-order valence-corrected chi connectivity index (χ2v) is 7.48. The number of nitrogens with zero attached hydrogens (tertiary/aromatic N) is 4. The Morgan fingerprint density at radius 3 is 2.86 bits per heavy atom. The number of hydrazone groups is 1. The van der Waals surface area contributed by atoms with Crippen LogP contribution in [-0.2, 0) is 14.3 Å². The molecule has 1 aromatic rings. The van der Waals surface area contributed by atoms with E-state index in [2.05, 4.69) is 5.10 Å². The smallest absolute Gasteiger partial charge is 0.414 e. The molecule has 1 saturated heterocycles. The second-order valence-electron chi connectivity index (χ2n) is 7.02. The number of thiocarbonyl (C=S) groups is 1. The Morgan fingerprint density at radius 1 is 1.45 bits per heavy atom. The van der Waals surface area contributed by atoms with Crippen LogP contribution in [0.5, 0.6) is 0 Å². The molecule has 1 atom stereocenters. The van der Waals surface area contributed by atoms with E-state index < -0.39 is 11.9 Å². The molecule has 2 amide bonds. The fourth-order valence-corrected chi connectivity index (χ4v) is 3.41. The van der Waals surface area contributed by atoms with Gasteiger partial charge in [-0.2, -0.15) is 5.10 Å². The summed E-state index contributed by atoms with van der Waals surface area (Å²) in [5, 5.41) is 5.64. The van der Waals surface area contributed by atoms with Crippen molar-refractivity contribution in [2.45, 2.75) is 38.9 Å². The first kappa shape index (κ1) is 21.0. The summed E-state index contributed by atoms with van der Waals surface area (Å²) < 4.78 is 25.5. The van der Waals surface area contributed by atoms with Crippen molar-refractivity contribution >= 4 is 47.5 Å². The number of ether oxygens (including phenoxy) is 2. The van der Waals surface area contributed by atoms with E-state index in [1.165, 1.54) is 22.3 Å². The number of hydrogen-bond donors (Lipinski definition) is 0. The van der Waals surface area contributed by atoms with E-state index in [0.29, 0.717) is 55.3 Å². The number of carbonyl (C=O) groups excluding carboxylic acids is 2. The highest BCUT2D eigenvalue weighted by molar-refractivity contribution is 7.80. The molecule has 2 aliphatic heterocycles. The number of hydrogen-bond acceptors (Lipinski definition) is 7. The van der Waals surface area contributed by atoms with E-state index in [4.69, 9.17) is 21.7 Å². The average molecular weight is 422 g/mol. The van der Waals surface area contributed by atoms with Gasteiger partial charge in [0.2, 0.25) is 6.41 Å². The molecule has 0 unspecified atom stereocenters. The third-order valence-electron chi connectivity index (χ3n) is 4.50. The van der Waals surface area contributed by atoms with Gasteiger partial charge in [0.15, 0.2) is 5.05 Å². The normalized spacial score (nSPS) is 19.0. The van der Waals surface area contributed by atoms with Gasteiger partial charge in [-0.25, -0.2) is 14.2 Å². The van der Waals surface area contributed by atoms with Crippen LogP contribution in [0.4, 0.5) is 20.6 Å². The minimum Gasteiger partial charge on any atom is -0.484 e. The summed E-state index contributed by atoms with van der Waals surface area (Å²) in [6.45, 7) is 4.90. The fraction of sp³-hybridized carbons (Fsp3) is 0.474. The lowest BCUT2D eigenvalue weighted by molar-refractivity contribution is -0.118. The van der Waals surface area contributed by atoms with E-state index >= 15 is 0 Å². The van der Waals surface area contributed by atoms with Crippen molar-refractivity contribution in [3.63, 3.8) is 0 Å². The zero-order valence-corrected chi connectivity index (χ0v) is 17.1. The maximum atomic E-state index is 14.7. The van der Waals surface area contributed by atoms with Crippen molar-refractivity contribution < 1.29 is 23.5 Å². The highest BCUT2D eigenvalue weighted by Gasteiger charge is 2.33. The predicted octanol–water partition coefficient (Wildman–Crippen LogP) is 2.91. The van der Waals surface area contributed by atoms with Gasteiger partial charge in [-0.05, 0) is 50.7 Å². The number of benzene rings is 1. The monoisotopic (exact) mass is 422 g/mol. The molecule has 8 nitrogen and oxygen atoms in total. The van der Waals surface area contributed by atoms with Crippen molar-refractivity contribution in [3.8, 4) is 0 Å². The molecule has 1 fully saturated rings. The third kappa shape index (κ3) is 5.20. The molecule has 1 aromatic carbocycles. The summed E-state index contributed by atoms with van der Waals surface area (Å²) in [5.41, 5.74) is 0.742. The van der Waals surface area contributed by atoms with Crippen molar-refractivity contribution in [1.29, 1.82) is 0 Å². The van der Waals surface area contributed by atoms with Gasteiger partial charge in [0, 0.05) is 13.0 Å². The summed E-state index contributed by atoms with van der Waals surface area (Å²) in [6.07, 6.45) is 2.24. The van der Waals surface area contributed by atoms with Gasteiger partial charge in [0.1, 0.15) is 18.3 Å². The van der Waals surface area contributed by atoms with Gasteiger partial charge < -0.3 is 14.4 Å². The molecule has 0 N–H and O–H groups in total. The van der Waals surface area contributed by atoms with Gasteiger partial charge in [0.05, 0.1) is 30.6 Å². The molecular weight excluding hydrogens is 399 g/mol. The molecule has 3 rings (SSSR count). The topological polar surface area (TPSA) is 74.7 Å². The molecule has 0 bridgehead atoms. The van der Waals surface area contributed by atoms with Crippen LogP contribution in [0.25, 0.3) is 0 Å². The van der Waals surface area contributed by atoms with E-state index in [1.807, 2.05) is 13.8 Å². The number of amides is 2. The Balaban J connectivity index is 1.62. The van der Waals surface area contributed by atoms with Crippen LogP contribution < -0.4 is 9.80 Å². The Kier molecular flexibility index (Phi) is 6.63. The van der Waals surface area contributed by atoms with Crippen LogP contribution in [0, 0.1) is 5.82 Å². The number of carbonyl (C=O) groups is 2. The van der Waals surface area contributed by atoms with E-state index in [-0.39, 0.29) is 12.2 Å².